The standard InChI is InChI=1S/C26H27N9O3/c1-17(36)30-20-8-10-21(11-9-20)31-25(37)19-12-13-27-22(16-19)26(38)29-15-14-28-23(18-6-4-3-5-7-18)24-32-34-35(2)33-24/h3-13,16,23,28H,14-15H2,1-2H3,(H,29,38)(H,30,36)(H,31,37). The first-order valence-electron chi connectivity index (χ1n) is 11.8. The van der Waals surface area contributed by atoms with E-state index in [9.17, 15) is 14.4 Å². The normalized spacial score (nSPS) is 11.4. The van der Waals surface area contributed by atoms with Crippen LogP contribution in [0.4, 0.5) is 11.4 Å². The molecule has 0 aliphatic carbocycles. The number of benzene rings is 2. The molecule has 0 fully saturated rings. The lowest BCUT2D eigenvalue weighted by Crippen LogP contribution is -2.34. The zero-order valence-electron chi connectivity index (χ0n) is 20.9. The van der Waals surface area contributed by atoms with Crippen molar-refractivity contribution in [2.24, 2.45) is 7.05 Å². The number of nitrogens with zero attached hydrogens (tertiary/aromatic N) is 5. The van der Waals surface area contributed by atoms with Gasteiger partial charge in [0.2, 0.25) is 5.91 Å². The highest BCUT2D eigenvalue weighted by Crippen LogP contribution is 2.18. The van der Waals surface area contributed by atoms with Gasteiger partial charge in [0, 0.05) is 43.1 Å². The van der Waals surface area contributed by atoms with E-state index in [2.05, 4.69) is 41.7 Å². The fourth-order valence-corrected chi connectivity index (χ4v) is 3.64. The summed E-state index contributed by atoms with van der Waals surface area (Å²) >= 11 is 0. The van der Waals surface area contributed by atoms with Crippen molar-refractivity contribution in [1.82, 2.24) is 35.8 Å². The minimum atomic E-state index is -0.407. The van der Waals surface area contributed by atoms with E-state index in [0.29, 0.717) is 30.3 Å². The summed E-state index contributed by atoms with van der Waals surface area (Å²) in [5.74, 6) is -0.457. The summed E-state index contributed by atoms with van der Waals surface area (Å²) in [7, 11) is 1.70. The van der Waals surface area contributed by atoms with Crippen LogP contribution in [-0.2, 0) is 11.8 Å². The lowest BCUT2D eigenvalue weighted by Gasteiger charge is -2.16. The average Bonchev–Trinajstić information content (AvgIpc) is 3.35. The topological polar surface area (TPSA) is 156 Å². The van der Waals surface area contributed by atoms with Crippen molar-refractivity contribution in [3.05, 3.63) is 95.6 Å². The molecule has 2 heterocycles. The molecule has 0 aliphatic rings. The Balaban J connectivity index is 1.32. The van der Waals surface area contributed by atoms with Crippen LogP contribution in [0.5, 0.6) is 0 Å². The molecule has 0 bridgehead atoms. The number of hydrogen-bond acceptors (Lipinski definition) is 8. The molecular formula is C26H27N9O3. The molecule has 2 aromatic carbocycles. The summed E-state index contributed by atoms with van der Waals surface area (Å²) < 4.78 is 0. The average molecular weight is 514 g/mol. The van der Waals surface area contributed by atoms with Crippen LogP contribution < -0.4 is 21.3 Å². The molecule has 0 saturated heterocycles. The Morgan fingerprint density at radius 1 is 0.895 bits per heavy atom. The second-order valence-electron chi connectivity index (χ2n) is 8.33. The van der Waals surface area contributed by atoms with Crippen molar-refractivity contribution in [3.8, 4) is 0 Å². The van der Waals surface area contributed by atoms with Crippen LogP contribution in [-0.4, -0.2) is 56.0 Å². The SMILES string of the molecule is CC(=O)Nc1ccc(NC(=O)c2ccnc(C(=O)NCCNC(c3ccccc3)c3nnn(C)n3)c2)cc1. The van der Waals surface area contributed by atoms with Crippen LogP contribution in [0.25, 0.3) is 0 Å². The maximum Gasteiger partial charge on any atom is 0.269 e. The molecule has 0 aliphatic heterocycles. The van der Waals surface area contributed by atoms with E-state index >= 15 is 0 Å². The largest absolute Gasteiger partial charge is 0.349 e. The van der Waals surface area contributed by atoms with Gasteiger partial charge in [-0.15, -0.1) is 10.2 Å². The van der Waals surface area contributed by atoms with Crippen LogP contribution in [0.3, 0.4) is 0 Å². The smallest absolute Gasteiger partial charge is 0.269 e. The van der Waals surface area contributed by atoms with Gasteiger partial charge < -0.3 is 21.3 Å². The lowest BCUT2D eigenvalue weighted by atomic mass is 10.1. The van der Waals surface area contributed by atoms with Crippen molar-refractivity contribution in [1.29, 1.82) is 0 Å². The van der Waals surface area contributed by atoms with E-state index in [1.54, 1.807) is 31.3 Å². The number of tetrazole rings is 1. The molecule has 2 aromatic heterocycles. The van der Waals surface area contributed by atoms with Crippen LogP contribution in [0.15, 0.2) is 72.9 Å². The van der Waals surface area contributed by atoms with E-state index in [1.807, 2.05) is 30.3 Å². The maximum absolute atomic E-state index is 12.7. The van der Waals surface area contributed by atoms with Crippen LogP contribution >= 0.6 is 0 Å². The van der Waals surface area contributed by atoms with Crippen LogP contribution in [0.2, 0.25) is 0 Å². The zero-order valence-corrected chi connectivity index (χ0v) is 20.9. The van der Waals surface area contributed by atoms with Crippen LogP contribution in [0, 0.1) is 0 Å². The molecule has 0 saturated carbocycles. The Morgan fingerprint density at radius 3 is 2.26 bits per heavy atom. The predicted molar refractivity (Wildman–Crippen MR) is 140 cm³/mol. The minimum absolute atomic E-state index is 0.119. The van der Waals surface area contributed by atoms with E-state index in [1.165, 1.54) is 30.0 Å². The van der Waals surface area contributed by atoms with Gasteiger partial charge in [-0.2, -0.15) is 4.80 Å². The fourth-order valence-electron chi connectivity index (χ4n) is 3.64. The third kappa shape index (κ3) is 7.04. The molecule has 0 radical (unpaired) electrons. The Morgan fingerprint density at radius 2 is 1.61 bits per heavy atom. The van der Waals surface area contributed by atoms with Crippen molar-refractivity contribution in [2.45, 2.75) is 13.0 Å². The van der Waals surface area contributed by atoms with E-state index in [4.69, 9.17) is 0 Å². The summed E-state index contributed by atoms with van der Waals surface area (Å²) in [5, 5.41) is 23.9. The van der Waals surface area contributed by atoms with Gasteiger partial charge in [-0.05, 0) is 47.2 Å². The molecule has 0 spiro atoms. The zero-order chi connectivity index (χ0) is 26.9. The molecule has 1 unspecified atom stereocenters. The molecule has 3 amide bonds. The van der Waals surface area contributed by atoms with Crippen molar-refractivity contribution in [2.75, 3.05) is 23.7 Å². The summed E-state index contributed by atoms with van der Waals surface area (Å²) in [6.45, 7) is 2.15. The Kier molecular flexibility index (Phi) is 8.46. The quantitative estimate of drug-likeness (QED) is 0.234. The molecule has 12 heteroatoms. The third-order valence-electron chi connectivity index (χ3n) is 5.39. The highest BCUT2D eigenvalue weighted by Gasteiger charge is 2.19. The van der Waals surface area contributed by atoms with Crippen molar-refractivity contribution < 1.29 is 14.4 Å². The molecular weight excluding hydrogens is 486 g/mol. The monoisotopic (exact) mass is 513 g/mol. The molecule has 4 aromatic rings. The number of aryl methyl sites for hydroxylation is 1. The van der Waals surface area contributed by atoms with Gasteiger partial charge in [0.1, 0.15) is 5.69 Å². The van der Waals surface area contributed by atoms with Gasteiger partial charge in [0.25, 0.3) is 11.8 Å². The number of carbonyl (C=O) groups excluding carboxylic acids is 3. The Labute approximate surface area is 218 Å². The molecule has 4 N–H and O–H groups in total. The highest BCUT2D eigenvalue weighted by molar-refractivity contribution is 6.05. The third-order valence-corrected chi connectivity index (χ3v) is 5.39. The first-order valence-corrected chi connectivity index (χ1v) is 11.8. The molecule has 1 atom stereocenters. The predicted octanol–water partition coefficient (Wildman–Crippen LogP) is 1.92. The number of carbonyl (C=O) groups is 3. The van der Waals surface area contributed by atoms with Gasteiger partial charge >= 0.3 is 0 Å². The molecule has 12 nitrogen and oxygen atoms in total. The number of nitrogens with one attached hydrogen (secondary N) is 4. The summed E-state index contributed by atoms with van der Waals surface area (Å²) in [4.78, 5) is 42.0. The van der Waals surface area contributed by atoms with Gasteiger partial charge in [-0.1, -0.05) is 30.3 Å². The Bertz CT molecular complexity index is 1410. The summed E-state index contributed by atoms with van der Waals surface area (Å²) in [5.41, 5.74) is 2.54. The fraction of sp³-hybridized carbons (Fsp3) is 0.192. The van der Waals surface area contributed by atoms with E-state index in [0.717, 1.165) is 5.56 Å². The van der Waals surface area contributed by atoms with Crippen LogP contribution in [0.1, 0.15) is 45.2 Å². The summed E-state index contributed by atoms with van der Waals surface area (Å²) in [6, 6.07) is 19.1. The number of amides is 3. The second kappa shape index (κ2) is 12.3. The van der Waals surface area contributed by atoms with Crippen molar-refractivity contribution in [3.63, 3.8) is 0 Å². The minimum Gasteiger partial charge on any atom is -0.349 e. The number of rotatable bonds is 10. The number of pyridine rings is 1. The van der Waals surface area contributed by atoms with Crippen molar-refractivity contribution >= 4 is 29.1 Å². The molecule has 38 heavy (non-hydrogen) atoms. The highest BCUT2D eigenvalue weighted by atomic mass is 16.2. The van der Waals surface area contributed by atoms with E-state index < -0.39 is 11.8 Å². The Hall–Kier alpha value is -4.97. The number of hydrogen-bond donors (Lipinski definition) is 4. The maximum atomic E-state index is 12.7. The van der Waals surface area contributed by atoms with Gasteiger partial charge in [-0.3, -0.25) is 19.4 Å². The van der Waals surface area contributed by atoms with E-state index in [-0.39, 0.29) is 23.2 Å². The number of aromatic nitrogens is 5. The first-order chi connectivity index (χ1) is 18.4. The molecule has 4 rings (SSSR count). The lowest BCUT2D eigenvalue weighted by molar-refractivity contribution is -0.114. The van der Waals surface area contributed by atoms with Gasteiger partial charge in [0.15, 0.2) is 5.82 Å². The summed E-state index contributed by atoms with van der Waals surface area (Å²) in [6.07, 6.45) is 1.41. The van der Waals surface area contributed by atoms with Gasteiger partial charge in [-0.25, -0.2) is 0 Å². The van der Waals surface area contributed by atoms with Gasteiger partial charge in [0.05, 0.1) is 13.1 Å². The molecule has 194 valence electrons. The second-order valence-corrected chi connectivity index (χ2v) is 8.33. The first kappa shape index (κ1) is 26.1. The number of anilines is 2.